The van der Waals surface area contributed by atoms with Crippen LogP contribution in [0, 0.1) is 26.6 Å². The van der Waals surface area contributed by atoms with Crippen LogP contribution in [-0.2, 0) is 0 Å². The Kier molecular flexibility index (Phi) is 6.15. The topological polar surface area (TPSA) is 92.4 Å². The number of nitrogens with one attached hydrogen (secondary N) is 1. The lowest BCUT2D eigenvalue weighted by Gasteiger charge is -2.19. The Hall–Kier alpha value is -3.71. The van der Waals surface area contributed by atoms with E-state index in [1.165, 1.54) is 18.2 Å². The van der Waals surface area contributed by atoms with Crippen molar-refractivity contribution >= 4 is 34.2 Å². The maximum atomic E-state index is 14.8. The number of fused-ring (bicyclic) bond motifs is 1. The minimum Gasteiger partial charge on any atom is -0.476 e. The number of hydrogen-bond acceptors (Lipinski definition) is 5. The summed E-state index contributed by atoms with van der Waals surface area (Å²) in [4.78, 5) is 28.8. The Balaban J connectivity index is 1.91. The average Bonchev–Trinajstić information content (AvgIpc) is 2.77. The van der Waals surface area contributed by atoms with Crippen LogP contribution in [0.2, 0.25) is 5.15 Å². The smallest absolute Gasteiger partial charge is 0.356 e. The second kappa shape index (κ2) is 8.91. The number of pyridine rings is 1. The third-order valence-corrected chi connectivity index (χ3v) is 5.87. The minimum atomic E-state index is -1.23. The number of anilines is 1. The number of carbonyl (C=O) groups is 1. The van der Waals surface area contributed by atoms with E-state index in [0.29, 0.717) is 22.1 Å². The van der Waals surface area contributed by atoms with Crippen LogP contribution in [0.1, 0.15) is 45.7 Å². The van der Waals surface area contributed by atoms with Gasteiger partial charge in [-0.3, -0.25) is 4.79 Å². The molecule has 34 heavy (non-hydrogen) atoms. The molecule has 6 nitrogen and oxygen atoms in total. The molecule has 0 aliphatic heterocycles. The SMILES string of the molecule is Cc1ccc(-c2oc3c(C(C)Nc4ccc(Cl)nc4C(=O)O)cc(C)cc3c(=O)c2C)c(F)c1. The summed E-state index contributed by atoms with van der Waals surface area (Å²) in [5, 5.41) is 13.1. The Bertz CT molecular complexity index is 1510. The van der Waals surface area contributed by atoms with E-state index in [2.05, 4.69) is 10.3 Å². The average molecular weight is 481 g/mol. The second-order valence-corrected chi connectivity index (χ2v) is 8.69. The highest BCUT2D eigenvalue weighted by Crippen LogP contribution is 2.33. The van der Waals surface area contributed by atoms with E-state index < -0.39 is 17.8 Å². The molecule has 0 amide bonds. The standard InChI is InChI=1S/C26H22ClFN2O4/c1-12-5-6-16(19(28)11-12)24-14(3)23(31)18-10-13(2)9-17(25(18)34-24)15(4)29-20-7-8-21(27)30-22(20)26(32)33/h5-11,15,29H,1-4H3,(H,32,33). The number of halogens is 2. The Morgan fingerprint density at radius 1 is 1.12 bits per heavy atom. The summed E-state index contributed by atoms with van der Waals surface area (Å²) in [6, 6.07) is 10.8. The maximum absolute atomic E-state index is 14.8. The lowest BCUT2D eigenvalue weighted by Crippen LogP contribution is -2.14. The molecule has 0 saturated heterocycles. The van der Waals surface area contributed by atoms with Gasteiger partial charge >= 0.3 is 5.97 Å². The largest absolute Gasteiger partial charge is 0.476 e. The first-order chi connectivity index (χ1) is 16.1. The zero-order valence-corrected chi connectivity index (χ0v) is 19.7. The van der Waals surface area contributed by atoms with E-state index in [-0.39, 0.29) is 33.3 Å². The summed E-state index contributed by atoms with van der Waals surface area (Å²) in [6.07, 6.45) is 0. The van der Waals surface area contributed by atoms with Gasteiger partial charge in [-0.1, -0.05) is 23.7 Å². The van der Waals surface area contributed by atoms with Crippen LogP contribution in [0.4, 0.5) is 10.1 Å². The monoisotopic (exact) mass is 480 g/mol. The molecule has 2 N–H and O–H groups in total. The van der Waals surface area contributed by atoms with Gasteiger partial charge < -0.3 is 14.8 Å². The van der Waals surface area contributed by atoms with E-state index in [0.717, 1.165) is 11.1 Å². The number of carboxylic acid groups (broad SMARTS) is 1. The minimum absolute atomic E-state index is 0.0582. The van der Waals surface area contributed by atoms with Crippen molar-refractivity contribution in [2.24, 2.45) is 0 Å². The highest BCUT2D eigenvalue weighted by molar-refractivity contribution is 6.29. The maximum Gasteiger partial charge on any atom is 0.356 e. The molecular weight excluding hydrogens is 459 g/mol. The van der Waals surface area contributed by atoms with Gasteiger partial charge in [-0.25, -0.2) is 14.2 Å². The Morgan fingerprint density at radius 3 is 2.53 bits per heavy atom. The first-order valence-corrected chi connectivity index (χ1v) is 11.0. The van der Waals surface area contributed by atoms with Crippen molar-refractivity contribution in [1.82, 2.24) is 4.98 Å². The molecule has 0 radical (unpaired) electrons. The van der Waals surface area contributed by atoms with Crippen LogP contribution in [-0.4, -0.2) is 16.1 Å². The molecule has 0 bridgehead atoms. The highest BCUT2D eigenvalue weighted by atomic mass is 35.5. The molecule has 8 heteroatoms. The van der Waals surface area contributed by atoms with E-state index in [1.807, 2.05) is 13.0 Å². The Morgan fingerprint density at radius 2 is 1.85 bits per heavy atom. The predicted octanol–water partition coefficient (Wildman–Crippen LogP) is 6.44. The van der Waals surface area contributed by atoms with Gasteiger partial charge in [0.2, 0.25) is 0 Å². The van der Waals surface area contributed by atoms with E-state index >= 15 is 0 Å². The van der Waals surface area contributed by atoms with Gasteiger partial charge in [0.1, 0.15) is 22.3 Å². The van der Waals surface area contributed by atoms with Gasteiger partial charge in [-0.05, 0) is 69.2 Å². The van der Waals surface area contributed by atoms with Crippen LogP contribution in [0.3, 0.4) is 0 Å². The van der Waals surface area contributed by atoms with Crippen molar-refractivity contribution in [3.63, 3.8) is 0 Å². The predicted molar refractivity (Wildman–Crippen MR) is 130 cm³/mol. The molecule has 2 aromatic heterocycles. The van der Waals surface area contributed by atoms with Crippen LogP contribution in [0.25, 0.3) is 22.3 Å². The van der Waals surface area contributed by atoms with Gasteiger partial charge in [0.25, 0.3) is 0 Å². The summed E-state index contributed by atoms with van der Waals surface area (Å²) < 4.78 is 21.0. The molecule has 2 aromatic carbocycles. The molecule has 2 heterocycles. The molecule has 0 fully saturated rings. The van der Waals surface area contributed by atoms with Crippen molar-refractivity contribution in [3.8, 4) is 11.3 Å². The van der Waals surface area contributed by atoms with E-state index in [4.69, 9.17) is 16.0 Å². The normalized spacial score (nSPS) is 12.1. The van der Waals surface area contributed by atoms with Crippen LogP contribution in [0.5, 0.6) is 0 Å². The second-order valence-electron chi connectivity index (χ2n) is 8.30. The molecule has 4 aromatic rings. The lowest BCUT2D eigenvalue weighted by molar-refractivity contribution is 0.0691. The van der Waals surface area contributed by atoms with Crippen LogP contribution >= 0.6 is 11.6 Å². The van der Waals surface area contributed by atoms with Gasteiger partial charge in [-0.15, -0.1) is 0 Å². The van der Waals surface area contributed by atoms with Gasteiger partial charge in [0, 0.05) is 11.1 Å². The van der Waals surface area contributed by atoms with Gasteiger partial charge in [0.05, 0.1) is 22.7 Å². The first-order valence-electron chi connectivity index (χ1n) is 10.6. The van der Waals surface area contributed by atoms with Crippen LogP contribution < -0.4 is 10.7 Å². The van der Waals surface area contributed by atoms with Crippen molar-refractivity contribution in [2.75, 3.05) is 5.32 Å². The summed E-state index contributed by atoms with van der Waals surface area (Å²) in [7, 11) is 0. The van der Waals surface area contributed by atoms with Gasteiger partial charge in [0.15, 0.2) is 11.1 Å². The molecule has 1 atom stereocenters. The summed E-state index contributed by atoms with van der Waals surface area (Å²) in [5.41, 5.74) is 2.78. The van der Waals surface area contributed by atoms with E-state index in [9.17, 15) is 19.1 Å². The molecule has 0 spiro atoms. The number of carboxylic acids is 1. The number of aromatic carboxylic acids is 1. The number of nitrogens with zero attached hydrogens (tertiary/aromatic N) is 1. The fourth-order valence-electron chi connectivity index (χ4n) is 3.98. The summed E-state index contributed by atoms with van der Waals surface area (Å²) in [5.74, 6) is -1.55. The summed E-state index contributed by atoms with van der Waals surface area (Å²) in [6.45, 7) is 7.05. The van der Waals surface area contributed by atoms with Crippen molar-refractivity contribution in [2.45, 2.75) is 33.7 Å². The number of aryl methyl sites for hydroxylation is 2. The van der Waals surface area contributed by atoms with Gasteiger partial charge in [-0.2, -0.15) is 0 Å². The number of rotatable bonds is 5. The number of hydrogen-bond donors (Lipinski definition) is 2. The molecule has 0 aliphatic rings. The molecule has 174 valence electrons. The fourth-order valence-corrected chi connectivity index (χ4v) is 4.12. The van der Waals surface area contributed by atoms with Crippen molar-refractivity contribution < 1.29 is 18.7 Å². The molecule has 1 unspecified atom stereocenters. The third-order valence-electron chi connectivity index (χ3n) is 5.66. The Labute approximate surface area is 200 Å². The zero-order valence-electron chi connectivity index (χ0n) is 19.0. The molecule has 0 aliphatic carbocycles. The highest BCUT2D eigenvalue weighted by Gasteiger charge is 2.22. The van der Waals surface area contributed by atoms with E-state index in [1.54, 1.807) is 39.0 Å². The third kappa shape index (κ3) is 4.26. The number of benzene rings is 2. The van der Waals surface area contributed by atoms with Crippen molar-refractivity contribution in [1.29, 1.82) is 0 Å². The van der Waals surface area contributed by atoms with Crippen molar-refractivity contribution in [3.05, 3.63) is 91.6 Å². The lowest BCUT2D eigenvalue weighted by atomic mass is 9.98. The fraction of sp³-hybridized carbons (Fsp3) is 0.192. The first kappa shape index (κ1) is 23.4. The number of aromatic nitrogens is 1. The zero-order chi connectivity index (χ0) is 24.7. The quantitative estimate of drug-likeness (QED) is 0.319. The molecule has 4 rings (SSSR count). The summed E-state index contributed by atoms with van der Waals surface area (Å²) >= 11 is 5.86. The molecular formula is C26H22ClFN2O4. The molecule has 0 saturated carbocycles. The van der Waals surface area contributed by atoms with Crippen LogP contribution in [0.15, 0.2) is 51.7 Å².